The highest BCUT2D eigenvalue weighted by Gasteiger charge is 2.23. The van der Waals surface area contributed by atoms with Gasteiger partial charge in [0.05, 0.1) is 8.81 Å². The Morgan fingerprint density at radius 3 is 2.52 bits per heavy atom. The highest BCUT2D eigenvalue weighted by atomic mass is 79.9. The maximum atomic E-state index is 13.6. The molecule has 3 N–H and O–H groups in total. The maximum absolute atomic E-state index is 13.6. The molecule has 0 saturated carbocycles. The topological polar surface area (TPSA) is 72.2 Å². The van der Waals surface area contributed by atoms with Crippen molar-refractivity contribution in [3.63, 3.8) is 0 Å². The Balaban J connectivity index is 2.44. The molecule has 114 valence electrons. The average Bonchev–Trinajstić information content (AvgIpc) is 2.76. The first-order chi connectivity index (χ1) is 9.74. The van der Waals surface area contributed by atoms with E-state index in [-0.39, 0.29) is 16.5 Å². The van der Waals surface area contributed by atoms with Crippen molar-refractivity contribution in [3.05, 3.63) is 43.5 Å². The molecule has 0 spiro atoms. The van der Waals surface area contributed by atoms with Crippen LogP contribution in [0.3, 0.4) is 0 Å². The van der Waals surface area contributed by atoms with E-state index in [1.165, 1.54) is 6.07 Å². The number of halogens is 4. The smallest absolute Gasteiger partial charge is 0.264 e. The second-order valence-electron chi connectivity index (χ2n) is 3.90. The van der Waals surface area contributed by atoms with E-state index in [1.54, 1.807) is 0 Å². The van der Waals surface area contributed by atoms with Gasteiger partial charge in [0.2, 0.25) is 0 Å². The van der Waals surface area contributed by atoms with E-state index in [2.05, 4.69) is 15.9 Å². The standard InChI is InChI=1S/C11H8BrClF2N2O2S2/c12-11-9(3-6(4-16)20-11)21(18,19)17-10-7(13)1-5(14)2-8(10)15/h1-3,17H,4,16H2. The van der Waals surface area contributed by atoms with Gasteiger partial charge in [-0.3, -0.25) is 4.72 Å². The fraction of sp³-hybridized carbons (Fsp3) is 0.0909. The van der Waals surface area contributed by atoms with E-state index in [9.17, 15) is 17.2 Å². The Morgan fingerprint density at radius 2 is 2.00 bits per heavy atom. The second-order valence-corrected chi connectivity index (χ2v) is 8.42. The van der Waals surface area contributed by atoms with Gasteiger partial charge in [-0.25, -0.2) is 17.2 Å². The number of anilines is 1. The number of benzene rings is 1. The quantitative estimate of drug-likeness (QED) is 0.797. The molecule has 0 aliphatic rings. The molecule has 0 radical (unpaired) electrons. The first kappa shape index (κ1) is 16.6. The lowest BCUT2D eigenvalue weighted by molar-refractivity contribution is 0.583. The van der Waals surface area contributed by atoms with E-state index >= 15 is 0 Å². The maximum Gasteiger partial charge on any atom is 0.264 e. The molecule has 21 heavy (non-hydrogen) atoms. The van der Waals surface area contributed by atoms with Crippen LogP contribution in [0, 0.1) is 11.6 Å². The molecule has 2 aromatic rings. The van der Waals surface area contributed by atoms with E-state index in [1.807, 2.05) is 4.72 Å². The van der Waals surface area contributed by atoms with Gasteiger partial charge >= 0.3 is 0 Å². The molecule has 0 atom stereocenters. The second kappa shape index (κ2) is 6.17. The van der Waals surface area contributed by atoms with Gasteiger partial charge < -0.3 is 5.73 Å². The van der Waals surface area contributed by atoms with E-state index in [4.69, 9.17) is 17.3 Å². The van der Waals surface area contributed by atoms with Gasteiger partial charge in [0, 0.05) is 17.5 Å². The number of hydrogen-bond acceptors (Lipinski definition) is 4. The van der Waals surface area contributed by atoms with Crippen molar-refractivity contribution >= 4 is 54.6 Å². The Labute approximate surface area is 137 Å². The summed E-state index contributed by atoms with van der Waals surface area (Å²) in [6.07, 6.45) is 0. The van der Waals surface area contributed by atoms with Gasteiger partial charge in [-0.2, -0.15) is 0 Å². The Kier molecular flexibility index (Phi) is 4.89. The summed E-state index contributed by atoms with van der Waals surface area (Å²) >= 11 is 9.93. The fourth-order valence-electron chi connectivity index (χ4n) is 1.51. The van der Waals surface area contributed by atoms with Crippen LogP contribution < -0.4 is 10.5 Å². The zero-order chi connectivity index (χ0) is 15.8. The molecule has 0 aliphatic carbocycles. The van der Waals surface area contributed by atoms with Crippen LogP contribution >= 0.6 is 38.9 Å². The zero-order valence-electron chi connectivity index (χ0n) is 10.2. The molecule has 1 heterocycles. The fourth-order valence-corrected chi connectivity index (χ4v) is 5.46. The normalized spacial score (nSPS) is 11.7. The summed E-state index contributed by atoms with van der Waals surface area (Å²) in [5.41, 5.74) is 4.94. The minimum atomic E-state index is -4.08. The largest absolute Gasteiger partial charge is 0.326 e. The number of sulfonamides is 1. The van der Waals surface area contributed by atoms with Crippen LogP contribution in [0.2, 0.25) is 5.02 Å². The van der Waals surface area contributed by atoms with Crippen LogP contribution in [0.1, 0.15) is 4.88 Å². The highest BCUT2D eigenvalue weighted by Crippen LogP contribution is 2.34. The summed E-state index contributed by atoms with van der Waals surface area (Å²) in [4.78, 5) is 0.542. The lowest BCUT2D eigenvalue weighted by Crippen LogP contribution is -2.14. The number of nitrogens with one attached hydrogen (secondary N) is 1. The predicted octanol–water partition coefficient (Wildman–Crippen LogP) is 3.70. The van der Waals surface area contributed by atoms with E-state index < -0.39 is 27.3 Å². The van der Waals surface area contributed by atoms with E-state index in [0.717, 1.165) is 17.4 Å². The molecule has 0 saturated heterocycles. The zero-order valence-corrected chi connectivity index (χ0v) is 14.1. The van der Waals surface area contributed by atoms with Crippen LogP contribution in [0.5, 0.6) is 0 Å². The van der Waals surface area contributed by atoms with Crippen LogP contribution in [-0.2, 0) is 16.6 Å². The minimum Gasteiger partial charge on any atom is -0.326 e. The van der Waals surface area contributed by atoms with Gasteiger partial charge in [-0.1, -0.05) is 11.6 Å². The molecule has 0 bridgehead atoms. The monoisotopic (exact) mass is 416 g/mol. The Hall–Kier alpha value is -0.740. The summed E-state index contributed by atoms with van der Waals surface area (Å²) in [6.45, 7) is 0.171. The third-order valence-corrected chi connectivity index (χ3v) is 6.36. The summed E-state index contributed by atoms with van der Waals surface area (Å²) in [7, 11) is -4.08. The van der Waals surface area contributed by atoms with Crippen molar-refractivity contribution in [2.45, 2.75) is 11.4 Å². The first-order valence-corrected chi connectivity index (χ1v) is 8.87. The molecule has 10 heteroatoms. The lowest BCUT2D eigenvalue weighted by Gasteiger charge is -2.10. The molecule has 1 aromatic carbocycles. The van der Waals surface area contributed by atoms with Gasteiger partial charge in [0.25, 0.3) is 10.0 Å². The van der Waals surface area contributed by atoms with Crippen LogP contribution in [-0.4, -0.2) is 8.42 Å². The molecule has 0 fully saturated rings. The Bertz CT molecular complexity index is 773. The van der Waals surface area contributed by atoms with Crippen molar-refractivity contribution in [2.75, 3.05) is 4.72 Å². The summed E-state index contributed by atoms with van der Waals surface area (Å²) in [5.74, 6) is -2.00. The summed E-state index contributed by atoms with van der Waals surface area (Å²) in [5, 5.41) is -0.374. The van der Waals surface area contributed by atoms with Crippen molar-refractivity contribution in [3.8, 4) is 0 Å². The molecule has 0 amide bonds. The first-order valence-electron chi connectivity index (χ1n) is 5.40. The van der Waals surface area contributed by atoms with Gasteiger partial charge in [0.15, 0.2) is 5.82 Å². The molecule has 0 aliphatic heterocycles. The third-order valence-electron chi connectivity index (χ3n) is 2.44. The Morgan fingerprint density at radius 1 is 1.33 bits per heavy atom. The van der Waals surface area contributed by atoms with Gasteiger partial charge in [-0.15, -0.1) is 11.3 Å². The average molecular weight is 418 g/mol. The SMILES string of the molecule is NCc1cc(S(=O)(=O)Nc2c(F)cc(F)cc2Cl)c(Br)s1. The molecule has 2 rings (SSSR count). The number of rotatable bonds is 4. The molecule has 4 nitrogen and oxygen atoms in total. The summed E-state index contributed by atoms with van der Waals surface area (Å²) in [6, 6.07) is 2.72. The van der Waals surface area contributed by atoms with Crippen LogP contribution in [0.4, 0.5) is 14.5 Å². The summed E-state index contributed by atoms with van der Waals surface area (Å²) < 4.78 is 53.4. The van der Waals surface area contributed by atoms with Gasteiger partial charge in [-0.05, 0) is 28.1 Å². The minimum absolute atomic E-state index is 0.0901. The van der Waals surface area contributed by atoms with Crippen LogP contribution in [0.15, 0.2) is 26.9 Å². The third kappa shape index (κ3) is 3.54. The van der Waals surface area contributed by atoms with Crippen LogP contribution in [0.25, 0.3) is 0 Å². The number of nitrogens with two attached hydrogens (primary N) is 1. The molecule has 1 aromatic heterocycles. The van der Waals surface area contributed by atoms with Crippen molar-refractivity contribution in [1.82, 2.24) is 0 Å². The highest BCUT2D eigenvalue weighted by molar-refractivity contribution is 9.11. The predicted molar refractivity (Wildman–Crippen MR) is 82.1 cm³/mol. The lowest BCUT2D eigenvalue weighted by atomic mass is 10.3. The van der Waals surface area contributed by atoms with Crippen molar-refractivity contribution in [2.24, 2.45) is 5.73 Å². The van der Waals surface area contributed by atoms with Gasteiger partial charge in [0.1, 0.15) is 16.4 Å². The molecular formula is C11H8BrClF2N2O2S2. The van der Waals surface area contributed by atoms with E-state index in [0.29, 0.717) is 14.7 Å². The number of hydrogen-bond donors (Lipinski definition) is 2. The van der Waals surface area contributed by atoms with Crippen molar-refractivity contribution in [1.29, 1.82) is 0 Å². The number of thiophene rings is 1. The van der Waals surface area contributed by atoms with Crippen molar-refractivity contribution < 1.29 is 17.2 Å². The molecule has 0 unspecified atom stereocenters. The molecular weight excluding hydrogens is 410 g/mol.